The fourth-order valence-corrected chi connectivity index (χ4v) is 4.98. The second-order valence-corrected chi connectivity index (χ2v) is 9.97. The summed E-state index contributed by atoms with van der Waals surface area (Å²) in [5, 5.41) is 11.3. The van der Waals surface area contributed by atoms with E-state index >= 15 is 0 Å². The summed E-state index contributed by atoms with van der Waals surface area (Å²) in [4.78, 5) is 22.9. The van der Waals surface area contributed by atoms with Gasteiger partial charge in [-0.3, -0.25) is 9.59 Å². The molecule has 0 radical (unpaired) electrons. The summed E-state index contributed by atoms with van der Waals surface area (Å²) in [6.07, 6.45) is 1.92. The summed E-state index contributed by atoms with van der Waals surface area (Å²) in [6, 6.07) is 19.5. The van der Waals surface area contributed by atoms with E-state index in [9.17, 15) is 22.8 Å². The molecule has 1 amide bonds. The maximum absolute atomic E-state index is 13.2. The smallest absolute Gasteiger partial charge is 0.416 e. The number of carbonyl (C=O) groups is 2. The molecule has 1 aliphatic carbocycles. The lowest BCUT2D eigenvalue weighted by Gasteiger charge is -2.27. The lowest BCUT2D eigenvalue weighted by Crippen LogP contribution is -2.25. The Kier molecular flexibility index (Phi) is 9.28. The van der Waals surface area contributed by atoms with E-state index in [1.54, 1.807) is 30.3 Å². The number of hydrogen-bond acceptors (Lipinski definition) is 3. The number of ether oxygens (including phenoxy) is 1. The van der Waals surface area contributed by atoms with E-state index in [4.69, 9.17) is 9.84 Å². The Morgan fingerprint density at radius 1 is 0.923 bits per heavy atom. The van der Waals surface area contributed by atoms with Crippen LogP contribution >= 0.6 is 0 Å². The van der Waals surface area contributed by atoms with E-state index in [1.807, 2.05) is 24.3 Å². The zero-order valence-corrected chi connectivity index (χ0v) is 21.5. The van der Waals surface area contributed by atoms with E-state index in [0.29, 0.717) is 28.4 Å². The van der Waals surface area contributed by atoms with Crippen molar-refractivity contribution in [1.82, 2.24) is 5.32 Å². The van der Waals surface area contributed by atoms with Gasteiger partial charge < -0.3 is 15.2 Å². The molecule has 1 fully saturated rings. The first-order chi connectivity index (χ1) is 18.7. The zero-order chi connectivity index (χ0) is 27.8. The Balaban J connectivity index is 1.50. The van der Waals surface area contributed by atoms with E-state index in [-0.39, 0.29) is 25.0 Å². The van der Waals surface area contributed by atoms with Gasteiger partial charge >= 0.3 is 12.1 Å². The van der Waals surface area contributed by atoms with Crippen LogP contribution in [0.15, 0.2) is 72.8 Å². The molecule has 39 heavy (non-hydrogen) atoms. The van der Waals surface area contributed by atoms with Crippen LogP contribution in [-0.2, 0) is 11.0 Å². The molecule has 0 bridgehead atoms. The fourth-order valence-electron chi connectivity index (χ4n) is 4.98. The molecule has 0 saturated heterocycles. The van der Waals surface area contributed by atoms with Gasteiger partial charge in [0.05, 0.1) is 12.0 Å². The minimum Gasteiger partial charge on any atom is -0.486 e. The average molecular weight is 540 g/mol. The van der Waals surface area contributed by atoms with Crippen molar-refractivity contribution >= 4 is 11.9 Å². The van der Waals surface area contributed by atoms with Crippen molar-refractivity contribution in [2.24, 2.45) is 5.92 Å². The Bertz CT molecular complexity index is 1250. The standard InChI is InChI=1S/C31H32F3NO4/c32-31(33,34)26-8-4-7-25(20-26)22-9-11-23(12-10-22)28(19-21-5-2-1-3-6-21)39-27-15-13-24(14-16-27)30(38)35-18-17-29(36)37/h4,7-16,20-21,28H,1-3,5-6,17-19H2,(H,35,38)(H,36,37)/t28-/m1/s1. The summed E-state index contributed by atoms with van der Waals surface area (Å²) in [7, 11) is 0. The van der Waals surface area contributed by atoms with E-state index in [2.05, 4.69) is 5.32 Å². The molecule has 0 heterocycles. The number of carbonyl (C=O) groups excluding carboxylic acids is 1. The lowest BCUT2D eigenvalue weighted by molar-refractivity contribution is -0.138. The number of amides is 1. The second-order valence-electron chi connectivity index (χ2n) is 9.97. The highest BCUT2D eigenvalue weighted by Crippen LogP contribution is 2.36. The number of halogens is 3. The molecule has 1 saturated carbocycles. The number of alkyl halides is 3. The highest BCUT2D eigenvalue weighted by Gasteiger charge is 2.30. The molecule has 206 valence electrons. The molecule has 3 aromatic rings. The van der Waals surface area contributed by atoms with Crippen molar-refractivity contribution in [3.05, 3.63) is 89.5 Å². The monoisotopic (exact) mass is 539 g/mol. The third-order valence-corrected chi connectivity index (χ3v) is 7.10. The van der Waals surface area contributed by atoms with Crippen LogP contribution in [0.25, 0.3) is 11.1 Å². The molecule has 0 spiro atoms. The topological polar surface area (TPSA) is 75.6 Å². The maximum Gasteiger partial charge on any atom is 0.416 e. The summed E-state index contributed by atoms with van der Waals surface area (Å²) in [6.45, 7) is 0.0480. The second kappa shape index (κ2) is 12.8. The molecular formula is C31H32F3NO4. The van der Waals surface area contributed by atoms with Crippen molar-refractivity contribution in [2.75, 3.05) is 6.54 Å². The van der Waals surface area contributed by atoms with Crippen LogP contribution in [0, 0.1) is 5.92 Å². The molecule has 1 atom stereocenters. The normalized spacial score (nSPS) is 14.9. The van der Waals surface area contributed by atoms with Gasteiger partial charge in [0.15, 0.2) is 0 Å². The number of hydrogen-bond donors (Lipinski definition) is 2. The quantitative estimate of drug-likeness (QED) is 0.277. The van der Waals surface area contributed by atoms with Crippen LogP contribution in [0.5, 0.6) is 5.75 Å². The van der Waals surface area contributed by atoms with Gasteiger partial charge in [0.25, 0.3) is 5.91 Å². The SMILES string of the molecule is O=C(O)CCNC(=O)c1ccc(O[C@H](CC2CCCCC2)c2ccc(-c3cccc(C(F)(F)F)c3)cc2)cc1. The summed E-state index contributed by atoms with van der Waals surface area (Å²) in [5.74, 6) is -0.219. The van der Waals surface area contributed by atoms with E-state index < -0.39 is 17.7 Å². The number of benzene rings is 3. The molecule has 1 aliphatic rings. The van der Waals surface area contributed by atoms with Crippen molar-refractivity contribution in [3.63, 3.8) is 0 Å². The van der Waals surface area contributed by atoms with Crippen LogP contribution in [0.4, 0.5) is 13.2 Å². The Morgan fingerprint density at radius 2 is 1.62 bits per heavy atom. The zero-order valence-electron chi connectivity index (χ0n) is 21.5. The first-order valence-electron chi connectivity index (χ1n) is 13.2. The van der Waals surface area contributed by atoms with Crippen LogP contribution < -0.4 is 10.1 Å². The van der Waals surface area contributed by atoms with Gasteiger partial charge in [-0.05, 0) is 65.4 Å². The first-order valence-corrected chi connectivity index (χ1v) is 13.2. The van der Waals surface area contributed by atoms with Gasteiger partial charge in [-0.1, -0.05) is 68.5 Å². The molecule has 3 aromatic carbocycles. The predicted octanol–water partition coefficient (Wildman–Crippen LogP) is 7.67. The fraction of sp³-hybridized carbons (Fsp3) is 0.355. The third kappa shape index (κ3) is 8.09. The first kappa shape index (κ1) is 28.2. The van der Waals surface area contributed by atoms with Gasteiger partial charge in [-0.2, -0.15) is 13.2 Å². The van der Waals surface area contributed by atoms with Gasteiger partial charge in [-0.15, -0.1) is 0 Å². The largest absolute Gasteiger partial charge is 0.486 e. The molecule has 0 aromatic heterocycles. The number of aliphatic carboxylic acids is 1. The number of carboxylic acids is 1. The highest BCUT2D eigenvalue weighted by molar-refractivity contribution is 5.94. The van der Waals surface area contributed by atoms with Crippen LogP contribution in [-0.4, -0.2) is 23.5 Å². The molecular weight excluding hydrogens is 507 g/mol. The summed E-state index contributed by atoms with van der Waals surface area (Å²) in [5.41, 5.74) is 1.85. The molecule has 8 heteroatoms. The Hall–Kier alpha value is -3.81. The highest BCUT2D eigenvalue weighted by atomic mass is 19.4. The van der Waals surface area contributed by atoms with Crippen LogP contribution in [0.3, 0.4) is 0 Å². The summed E-state index contributed by atoms with van der Waals surface area (Å²) >= 11 is 0. The minimum absolute atomic E-state index is 0.0480. The van der Waals surface area contributed by atoms with E-state index in [1.165, 1.54) is 25.3 Å². The number of nitrogens with one attached hydrogen (secondary N) is 1. The van der Waals surface area contributed by atoms with Crippen LogP contribution in [0.1, 0.15) is 72.5 Å². The van der Waals surface area contributed by atoms with Gasteiger partial charge in [0.2, 0.25) is 0 Å². The van der Waals surface area contributed by atoms with Crippen molar-refractivity contribution in [2.45, 2.75) is 57.2 Å². The maximum atomic E-state index is 13.2. The molecule has 2 N–H and O–H groups in total. The predicted molar refractivity (Wildman–Crippen MR) is 142 cm³/mol. The van der Waals surface area contributed by atoms with E-state index in [0.717, 1.165) is 37.0 Å². The van der Waals surface area contributed by atoms with Gasteiger partial charge in [-0.25, -0.2) is 0 Å². The number of rotatable bonds is 10. The molecule has 0 unspecified atom stereocenters. The average Bonchev–Trinajstić information content (AvgIpc) is 2.93. The Morgan fingerprint density at radius 3 is 2.26 bits per heavy atom. The van der Waals surface area contributed by atoms with Crippen molar-refractivity contribution < 1.29 is 32.6 Å². The molecule has 5 nitrogen and oxygen atoms in total. The van der Waals surface area contributed by atoms with Crippen molar-refractivity contribution in [1.29, 1.82) is 0 Å². The number of carboxylic acid groups (broad SMARTS) is 1. The third-order valence-electron chi connectivity index (χ3n) is 7.10. The molecule has 4 rings (SSSR count). The minimum atomic E-state index is -4.40. The Labute approximate surface area is 226 Å². The molecule has 0 aliphatic heterocycles. The van der Waals surface area contributed by atoms with Crippen LogP contribution in [0.2, 0.25) is 0 Å². The van der Waals surface area contributed by atoms with Gasteiger partial charge in [0.1, 0.15) is 11.9 Å². The van der Waals surface area contributed by atoms with Crippen molar-refractivity contribution in [3.8, 4) is 16.9 Å². The lowest BCUT2D eigenvalue weighted by atomic mass is 9.84. The summed E-state index contributed by atoms with van der Waals surface area (Å²) < 4.78 is 45.9. The van der Waals surface area contributed by atoms with Gasteiger partial charge in [0, 0.05) is 12.1 Å².